The van der Waals surface area contributed by atoms with Crippen LogP contribution in [0.25, 0.3) is 0 Å². The van der Waals surface area contributed by atoms with Crippen LogP contribution in [0.5, 0.6) is 0 Å². The summed E-state index contributed by atoms with van der Waals surface area (Å²) in [7, 11) is 0. The van der Waals surface area contributed by atoms with Gasteiger partial charge in [-0.2, -0.15) is 0 Å². The molecule has 0 spiro atoms. The van der Waals surface area contributed by atoms with E-state index in [0.29, 0.717) is 6.04 Å². The fourth-order valence-electron chi connectivity index (χ4n) is 3.69. The van der Waals surface area contributed by atoms with E-state index < -0.39 is 5.97 Å². The Labute approximate surface area is 118 Å². The lowest BCUT2D eigenvalue weighted by atomic mass is 9.95. The number of rotatable bonds is 7. The Balaban J connectivity index is 2.53. The Bertz CT molecular complexity index is 267. The minimum atomic E-state index is -0.677. The van der Waals surface area contributed by atoms with Crippen LogP contribution in [-0.4, -0.2) is 34.6 Å². The van der Waals surface area contributed by atoms with Crippen LogP contribution in [0.15, 0.2) is 0 Å². The average Bonchev–Trinajstić information content (AvgIpc) is 2.56. The molecule has 3 nitrogen and oxygen atoms in total. The number of carboxylic acid groups (broad SMARTS) is 1. The Morgan fingerprint density at radius 2 is 2.00 bits per heavy atom. The zero-order valence-electron chi connectivity index (χ0n) is 12.9. The maximum Gasteiger partial charge on any atom is 0.304 e. The molecule has 0 heterocycles. The Morgan fingerprint density at radius 1 is 1.26 bits per heavy atom. The van der Waals surface area contributed by atoms with Crippen LogP contribution >= 0.6 is 0 Å². The molecule has 0 bridgehead atoms. The van der Waals surface area contributed by atoms with Crippen molar-refractivity contribution in [2.45, 2.75) is 84.2 Å². The maximum atomic E-state index is 10.9. The van der Waals surface area contributed by atoms with E-state index in [2.05, 4.69) is 25.7 Å². The van der Waals surface area contributed by atoms with Gasteiger partial charge in [0.2, 0.25) is 0 Å². The predicted molar refractivity (Wildman–Crippen MR) is 79.4 cm³/mol. The highest BCUT2D eigenvalue weighted by Crippen LogP contribution is 2.30. The number of carboxylic acids is 1. The lowest BCUT2D eigenvalue weighted by Crippen LogP contribution is -2.42. The first-order valence-corrected chi connectivity index (χ1v) is 8.05. The van der Waals surface area contributed by atoms with Crippen molar-refractivity contribution < 1.29 is 9.90 Å². The van der Waals surface area contributed by atoms with Crippen molar-refractivity contribution in [1.82, 2.24) is 4.90 Å². The molecular weight excluding hydrogens is 238 g/mol. The number of hydrogen-bond donors (Lipinski definition) is 1. The molecule has 19 heavy (non-hydrogen) atoms. The van der Waals surface area contributed by atoms with Gasteiger partial charge in [0.1, 0.15) is 0 Å². The highest BCUT2D eigenvalue weighted by atomic mass is 16.4. The lowest BCUT2D eigenvalue weighted by Gasteiger charge is -2.34. The van der Waals surface area contributed by atoms with Crippen LogP contribution in [0.1, 0.15) is 72.1 Å². The van der Waals surface area contributed by atoms with Gasteiger partial charge >= 0.3 is 5.97 Å². The van der Waals surface area contributed by atoms with Crippen LogP contribution in [-0.2, 0) is 4.79 Å². The molecule has 1 fully saturated rings. The first-order valence-electron chi connectivity index (χ1n) is 8.05. The van der Waals surface area contributed by atoms with Crippen molar-refractivity contribution >= 4 is 5.97 Å². The molecule has 3 unspecified atom stereocenters. The Kier molecular flexibility index (Phi) is 7.44. The summed E-state index contributed by atoms with van der Waals surface area (Å²) in [6.07, 6.45) is 9.44. The number of nitrogens with zero attached hydrogens (tertiary/aromatic N) is 1. The molecular formula is C16H31NO2. The van der Waals surface area contributed by atoms with E-state index in [1.807, 2.05) is 0 Å². The maximum absolute atomic E-state index is 10.9. The van der Waals surface area contributed by atoms with E-state index in [1.54, 1.807) is 0 Å². The molecule has 1 aliphatic rings. The van der Waals surface area contributed by atoms with E-state index in [0.717, 1.165) is 12.5 Å². The normalized spacial score (nSPS) is 26.1. The topological polar surface area (TPSA) is 40.5 Å². The lowest BCUT2D eigenvalue weighted by molar-refractivity contribution is -0.138. The summed E-state index contributed by atoms with van der Waals surface area (Å²) < 4.78 is 0. The molecule has 1 aliphatic carbocycles. The van der Waals surface area contributed by atoms with E-state index in [4.69, 9.17) is 5.11 Å². The summed E-state index contributed by atoms with van der Waals surface area (Å²) in [6.45, 7) is 7.46. The molecule has 3 heteroatoms. The summed E-state index contributed by atoms with van der Waals surface area (Å²) in [5.41, 5.74) is 0. The molecule has 1 N–H and O–H groups in total. The molecule has 0 aromatic carbocycles. The summed E-state index contributed by atoms with van der Waals surface area (Å²) >= 11 is 0. The fourth-order valence-corrected chi connectivity index (χ4v) is 3.69. The smallest absolute Gasteiger partial charge is 0.304 e. The van der Waals surface area contributed by atoms with E-state index in [1.165, 1.54) is 44.9 Å². The van der Waals surface area contributed by atoms with Crippen molar-refractivity contribution in [1.29, 1.82) is 0 Å². The second-order valence-corrected chi connectivity index (χ2v) is 6.09. The molecule has 0 aromatic rings. The molecule has 3 atom stereocenters. The molecule has 1 rings (SSSR count). The van der Waals surface area contributed by atoms with E-state index in [-0.39, 0.29) is 12.5 Å². The van der Waals surface area contributed by atoms with Crippen LogP contribution in [0.4, 0.5) is 0 Å². The second kappa shape index (κ2) is 8.57. The first-order chi connectivity index (χ1) is 9.08. The molecule has 112 valence electrons. The van der Waals surface area contributed by atoms with Crippen LogP contribution < -0.4 is 0 Å². The zero-order valence-corrected chi connectivity index (χ0v) is 12.9. The largest absolute Gasteiger partial charge is 0.481 e. The molecule has 0 aliphatic heterocycles. The third kappa shape index (κ3) is 5.52. The molecule has 0 saturated heterocycles. The molecule has 0 amide bonds. The quantitative estimate of drug-likeness (QED) is 0.712. The number of aliphatic carboxylic acids is 1. The van der Waals surface area contributed by atoms with Crippen molar-refractivity contribution in [3.63, 3.8) is 0 Å². The minimum Gasteiger partial charge on any atom is -0.481 e. The van der Waals surface area contributed by atoms with Crippen LogP contribution in [0.2, 0.25) is 0 Å². The summed E-state index contributed by atoms with van der Waals surface area (Å²) in [5, 5.41) is 8.97. The van der Waals surface area contributed by atoms with Gasteiger partial charge in [0.15, 0.2) is 0 Å². The number of carbonyl (C=O) groups is 1. The van der Waals surface area contributed by atoms with E-state index >= 15 is 0 Å². The fraction of sp³-hybridized carbons (Fsp3) is 0.938. The van der Waals surface area contributed by atoms with Gasteiger partial charge in [0.25, 0.3) is 0 Å². The molecule has 1 saturated carbocycles. The highest BCUT2D eigenvalue weighted by Gasteiger charge is 2.26. The number of hydrogen-bond acceptors (Lipinski definition) is 2. The Hall–Kier alpha value is -0.570. The van der Waals surface area contributed by atoms with Gasteiger partial charge in [0.05, 0.1) is 6.42 Å². The van der Waals surface area contributed by atoms with E-state index in [9.17, 15) is 4.79 Å². The zero-order chi connectivity index (χ0) is 14.3. The van der Waals surface area contributed by atoms with Crippen LogP contribution in [0, 0.1) is 5.92 Å². The van der Waals surface area contributed by atoms with Gasteiger partial charge in [-0.15, -0.1) is 0 Å². The van der Waals surface area contributed by atoms with Crippen LogP contribution in [0.3, 0.4) is 0 Å². The van der Waals surface area contributed by atoms with Crippen molar-refractivity contribution in [3.05, 3.63) is 0 Å². The van der Waals surface area contributed by atoms with Gasteiger partial charge in [-0.05, 0) is 38.6 Å². The average molecular weight is 269 g/mol. The summed E-state index contributed by atoms with van der Waals surface area (Å²) in [4.78, 5) is 13.3. The van der Waals surface area contributed by atoms with Gasteiger partial charge in [-0.25, -0.2) is 0 Å². The SMILES string of the molecule is CCCC1CCCC(N(CC)C(C)CC(=O)O)CC1. The highest BCUT2D eigenvalue weighted by molar-refractivity contribution is 5.67. The minimum absolute atomic E-state index is 0.162. The third-order valence-electron chi connectivity index (χ3n) is 4.63. The van der Waals surface area contributed by atoms with Gasteiger partial charge < -0.3 is 5.11 Å². The summed E-state index contributed by atoms with van der Waals surface area (Å²) in [6, 6.07) is 0.761. The van der Waals surface area contributed by atoms with Gasteiger partial charge in [0, 0.05) is 12.1 Å². The molecule has 0 radical (unpaired) electrons. The second-order valence-electron chi connectivity index (χ2n) is 6.09. The van der Waals surface area contributed by atoms with Crippen molar-refractivity contribution in [2.24, 2.45) is 5.92 Å². The first kappa shape index (κ1) is 16.5. The monoisotopic (exact) mass is 269 g/mol. The summed E-state index contributed by atoms with van der Waals surface area (Å²) in [5.74, 6) is 0.229. The van der Waals surface area contributed by atoms with Crippen molar-refractivity contribution in [2.75, 3.05) is 6.54 Å². The van der Waals surface area contributed by atoms with Gasteiger partial charge in [-0.1, -0.05) is 39.5 Å². The standard InChI is InChI=1S/C16H31NO2/c1-4-7-14-8-6-9-15(11-10-14)17(5-2)13(3)12-16(18)19/h13-15H,4-12H2,1-3H3,(H,18,19). The Morgan fingerprint density at radius 3 is 2.58 bits per heavy atom. The predicted octanol–water partition coefficient (Wildman–Crippen LogP) is 3.92. The molecule has 0 aromatic heterocycles. The van der Waals surface area contributed by atoms with Crippen molar-refractivity contribution in [3.8, 4) is 0 Å². The third-order valence-corrected chi connectivity index (χ3v) is 4.63. The van der Waals surface area contributed by atoms with Gasteiger partial charge in [-0.3, -0.25) is 9.69 Å².